The van der Waals surface area contributed by atoms with Gasteiger partial charge in [0.1, 0.15) is 17.7 Å². The first-order valence-electron chi connectivity index (χ1n) is 10.5. The maximum atomic E-state index is 13.6. The molecule has 0 radical (unpaired) electrons. The van der Waals surface area contributed by atoms with Gasteiger partial charge in [-0.15, -0.1) is 0 Å². The molecular weight excluding hydrogens is 475 g/mol. The molecule has 0 bridgehead atoms. The number of benzene rings is 2. The minimum absolute atomic E-state index is 0.115. The summed E-state index contributed by atoms with van der Waals surface area (Å²) in [6.07, 6.45) is 4.68. The van der Waals surface area contributed by atoms with Gasteiger partial charge in [0.25, 0.3) is 0 Å². The maximum Gasteiger partial charge on any atom is 0.306 e. The van der Waals surface area contributed by atoms with Crippen LogP contribution in [0.3, 0.4) is 0 Å². The van der Waals surface area contributed by atoms with E-state index in [1.54, 1.807) is 41.1 Å². The van der Waals surface area contributed by atoms with Crippen LogP contribution in [0, 0.1) is 5.82 Å². The lowest BCUT2D eigenvalue weighted by molar-refractivity contribution is 0.432. The highest BCUT2D eigenvalue weighted by molar-refractivity contribution is 7.89. The number of rotatable bonds is 8. The molecule has 2 aromatic carbocycles. The van der Waals surface area contributed by atoms with Gasteiger partial charge in [-0.1, -0.05) is 18.2 Å². The van der Waals surface area contributed by atoms with Crippen LogP contribution in [-0.2, 0) is 10.0 Å². The molecule has 35 heavy (non-hydrogen) atoms. The minimum Gasteiger partial charge on any atom is -0.505 e. The van der Waals surface area contributed by atoms with E-state index < -0.39 is 21.6 Å². The molecule has 3 N–H and O–H groups in total. The summed E-state index contributed by atoms with van der Waals surface area (Å²) >= 11 is 0. The number of fused-ring (bicyclic) bond motifs is 1. The zero-order valence-electron chi connectivity index (χ0n) is 18.1. The number of halogens is 1. The highest BCUT2D eigenvalue weighted by Crippen LogP contribution is 2.34. The quantitative estimate of drug-likeness (QED) is 0.280. The molecule has 0 fully saturated rings. The van der Waals surface area contributed by atoms with Crippen molar-refractivity contribution in [3.63, 3.8) is 0 Å². The number of aromatic hydroxyl groups is 1. The summed E-state index contributed by atoms with van der Waals surface area (Å²) in [5.74, 6) is -0.675. The number of phenolic OH excluding ortho intramolecular Hbond substituents is 1. The van der Waals surface area contributed by atoms with E-state index in [-0.39, 0.29) is 23.9 Å². The van der Waals surface area contributed by atoms with Crippen molar-refractivity contribution >= 4 is 21.8 Å². The zero-order chi connectivity index (χ0) is 24.4. The molecule has 0 aliphatic rings. The van der Waals surface area contributed by atoms with Crippen LogP contribution < -0.4 is 10.0 Å². The Morgan fingerprint density at radius 1 is 1.06 bits per heavy atom. The van der Waals surface area contributed by atoms with E-state index in [0.29, 0.717) is 28.5 Å². The monoisotopic (exact) mass is 494 g/mol. The molecule has 0 aliphatic heterocycles. The average Bonchev–Trinajstić information content (AvgIpc) is 3.46. The smallest absolute Gasteiger partial charge is 0.306 e. The van der Waals surface area contributed by atoms with Gasteiger partial charge < -0.3 is 14.8 Å². The van der Waals surface area contributed by atoms with Crippen molar-refractivity contribution in [3.8, 4) is 28.4 Å². The van der Waals surface area contributed by atoms with Crippen molar-refractivity contribution < 1.29 is 22.3 Å². The predicted molar refractivity (Wildman–Crippen MR) is 126 cm³/mol. The second-order valence-corrected chi connectivity index (χ2v) is 9.20. The summed E-state index contributed by atoms with van der Waals surface area (Å²) < 4.78 is 47.9. The van der Waals surface area contributed by atoms with Crippen molar-refractivity contribution in [2.24, 2.45) is 0 Å². The second kappa shape index (κ2) is 9.16. The largest absolute Gasteiger partial charge is 0.505 e. The number of nitrogens with one attached hydrogen (secondary N) is 2. The molecule has 0 saturated carbocycles. The normalized spacial score (nSPS) is 11.7. The van der Waals surface area contributed by atoms with Gasteiger partial charge >= 0.3 is 5.84 Å². The molecular formula is C23H19FN6O4S. The Morgan fingerprint density at radius 2 is 1.89 bits per heavy atom. The molecule has 3 aromatic heterocycles. The standard InChI is InChI=1S/C23H19FN6O4S/c24-17-7-6-15(14-19(17)31)20-21(30-12-13-34-23(30)29-20)18-8-9-25-22(28-18)26-10-11-27-35(32,33)16-4-2-1-3-5-16/h1-9,12-14,27,31H,10-11H2,(H,25,26,28). The topological polar surface area (TPSA) is 135 Å². The van der Waals surface area contributed by atoms with Gasteiger partial charge in [-0.2, -0.15) is 4.98 Å². The van der Waals surface area contributed by atoms with Crippen LogP contribution in [-0.4, -0.2) is 46.0 Å². The Morgan fingerprint density at radius 3 is 2.69 bits per heavy atom. The summed E-state index contributed by atoms with van der Waals surface area (Å²) in [7, 11) is -3.62. The van der Waals surface area contributed by atoms with E-state index in [0.717, 1.165) is 6.07 Å². The Labute approximate surface area is 199 Å². The summed E-state index contributed by atoms with van der Waals surface area (Å²) in [4.78, 5) is 13.4. The maximum absolute atomic E-state index is 13.6. The van der Waals surface area contributed by atoms with Crippen LogP contribution in [0.2, 0.25) is 0 Å². The molecule has 0 amide bonds. The molecule has 0 unspecified atom stereocenters. The molecule has 178 valence electrons. The molecule has 0 spiro atoms. The van der Waals surface area contributed by atoms with Crippen molar-refractivity contribution in [3.05, 3.63) is 79.1 Å². The number of hydrogen-bond acceptors (Lipinski definition) is 8. The molecule has 0 aliphatic carbocycles. The predicted octanol–water partition coefficient (Wildman–Crippen LogP) is 3.29. The van der Waals surface area contributed by atoms with E-state index in [4.69, 9.17) is 4.42 Å². The van der Waals surface area contributed by atoms with Crippen LogP contribution in [0.5, 0.6) is 5.75 Å². The first kappa shape index (κ1) is 22.5. The molecule has 10 nitrogen and oxygen atoms in total. The Hall–Kier alpha value is -4.29. The number of sulfonamides is 1. The first-order chi connectivity index (χ1) is 16.9. The van der Waals surface area contributed by atoms with Crippen molar-refractivity contribution in [2.75, 3.05) is 18.4 Å². The SMILES string of the molecule is O=S(=O)(NCCNc1nccc(-c2c(-c3ccc(F)c(O)c3)nc3occn23)n1)c1ccccc1. The van der Waals surface area contributed by atoms with Crippen molar-refractivity contribution in [1.82, 2.24) is 24.1 Å². The lowest BCUT2D eigenvalue weighted by Gasteiger charge is -2.09. The van der Waals surface area contributed by atoms with Crippen LogP contribution in [0.1, 0.15) is 0 Å². The zero-order valence-corrected chi connectivity index (χ0v) is 18.9. The number of nitrogens with zero attached hydrogens (tertiary/aromatic N) is 4. The van der Waals surface area contributed by atoms with Crippen LogP contribution in [0.15, 0.2) is 82.6 Å². The minimum atomic E-state index is -3.62. The molecule has 5 aromatic rings. The molecule has 0 atom stereocenters. The van der Waals surface area contributed by atoms with Gasteiger partial charge in [-0.25, -0.2) is 27.5 Å². The highest BCUT2D eigenvalue weighted by atomic mass is 32.2. The number of phenols is 1. The highest BCUT2D eigenvalue weighted by Gasteiger charge is 2.20. The van der Waals surface area contributed by atoms with E-state index in [1.165, 1.54) is 30.5 Å². The average molecular weight is 495 g/mol. The molecule has 3 heterocycles. The van der Waals surface area contributed by atoms with Crippen molar-refractivity contribution in [2.45, 2.75) is 4.90 Å². The second-order valence-electron chi connectivity index (χ2n) is 7.43. The van der Waals surface area contributed by atoms with Gasteiger partial charge in [0.2, 0.25) is 16.0 Å². The Balaban J connectivity index is 1.37. The Bertz CT molecular complexity index is 1600. The van der Waals surface area contributed by atoms with Gasteiger partial charge in [0, 0.05) is 31.0 Å². The van der Waals surface area contributed by atoms with E-state index in [2.05, 4.69) is 25.0 Å². The number of hydrogen-bond donors (Lipinski definition) is 3. The van der Waals surface area contributed by atoms with Crippen LogP contribution >= 0.6 is 0 Å². The summed E-state index contributed by atoms with van der Waals surface area (Å²) in [5.41, 5.74) is 1.94. The first-order valence-corrected chi connectivity index (χ1v) is 12.0. The summed E-state index contributed by atoms with van der Waals surface area (Å²) in [6.45, 7) is 0.352. The lowest BCUT2D eigenvalue weighted by atomic mass is 10.1. The third-order valence-corrected chi connectivity index (χ3v) is 6.61. The van der Waals surface area contributed by atoms with Gasteiger partial charge in [-0.05, 0) is 36.4 Å². The van der Waals surface area contributed by atoms with E-state index >= 15 is 0 Å². The summed E-state index contributed by atoms with van der Waals surface area (Å²) in [5, 5.41) is 12.8. The number of anilines is 1. The Kier molecular flexibility index (Phi) is 5.89. The molecule has 5 rings (SSSR count). The van der Waals surface area contributed by atoms with E-state index in [9.17, 15) is 17.9 Å². The third-order valence-electron chi connectivity index (χ3n) is 5.13. The van der Waals surface area contributed by atoms with E-state index in [1.807, 2.05) is 0 Å². The fourth-order valence-electron chi connectivity index (χ4n) is 3.51. The summed E-state index contributed by atoms with van der Waals surface area (Å²) in [6, 6.07) is 13.7. The third kappa shape index (κ3) is 4.56. The molecule has 0 saturated heterocycles. The number of aromatic nitrogens is 4. The lowest BCUT2D eigenvalue weighted by Crippen LogP contribution is -2.29. The van der Waals surface area contributed by atoms with Crippen LogP contribution in [0.4, 0.5) is 10.3 Å². The van der Waals surface area contributed by atoms with Crippen molar-refractivity contribution in [1.29, 1.82) is 0 Å². The van der Waals surface area contributed by atoms with Crippen LogP contribution in [0.25, 0.3) is 28.5 Å². The van der Waals surface area contributed by atoms with Gasteiger partial charge in [0.15, 0.2) is 11.6 Å². The molecule has 12 heteroatoms. The van der Waals surface area contributed by atoms with Gasteiger partial charge in [-0.3, -0.25) is 4.40 Å². The fourth-order valence-corrected chi connectivity index (χ4v) is 4.56. The number of imidazole rings is 1. The fraction of sp³-hybridized carbons (Fsp3) is 0.0870. The van der Waals surface area contributed by atoms with Gasteiger partial charge in [0.05, 0.1) is 10.6 Å². The number of oxazole rings is 1.